The maximum atomic E-state index is 12.3. The van der Waals surface area contributed by atoms with Crippen LogP contribution in [-0.4, -0.2) is 17.6 Å². The molecule has 2 aromatic rings. The van der Waals surface area contributed by atoms with Gasteiger partial charge in [-0.2, -0.15) is 0 Å². The Hall–Kier alpha value is -3.09. The summed E-state index contributed by atoms with van der Waals surface area (Å²) in [7, 11) is 0. The molecule has 1 atom stereocenters. The molecule has 5 rings (SSSR count). The van der Waals surface area contributed by atoms with Gasteiger partial charge in [0.2, 0.25) is 12.7 Å². The van der Waals surface area contributed by atoms with E-state index in [0.29, 0.717) is 17.1 Å². The topological polar surface area (TPSA) is 90.7 Å². The first-order valence-electron chi connectivity index (χ1n) is 8.63. The first-order valence-corrected chi connectivity index (χ1v) is 8.63. The van der Waals surface area contributed by atoms with Gasteiger partial charge in [-0.05, 0) is 48.1 Å². The van der Waals surface area contributed by atoms with Gasteiger partial charge in [-0.15, -0.1) is 0 Å². The van der Waals surface area contributed by atoms with Gasteiger partial charge in [-0.1, -0.05) is 6.07 Å². The molecule has 2 aliphatic heterocycles. The largest absolute Gasteiger partial charge is 0.454 e. The fourth-order valence-corrected chi connectivity index (χ4v) is 4.20. The zero-order valence-electron chi connectivity index (χ0n) is 13.9. The number of amides is 1. The molecule has 3 aliphatic rings. The molecule has 0 unspecified atom stereocenters. The summed E-state index contributed by atoms with van der Waals surface area (Å²) in [4.78, 5) is 23.5. The lowest BCUT2D eigenvalue weighted by molar-refractivity contribution is -0.385. The Morgan fingerprint density at radius 3 is 2.54 bits per heavy atom. The average Bonchev–Trinajstić information content (AvgIpc) is 3.26. The van der Waals surface area contributed by atoms with Gasteiger partial charge in [0.1, 0.15) is 0 Å². The third-order valence-corrected chi connectivity index (χ3v) is 5.40. The SMILES string of the molecule is O=C1C[C@H](c2cc3c(cc2[N+](=O)[O-])OCO3)c2cc3c(cc2N1)CCC3. The number of aryl methyl sites for hydroxylation is 2. The summed E-state index contributed by atoms with van der Waals surface area (Å²) in [5.74, 6) is 0.348. The summed E-state index contributed by atoms with van der Waals surface area (Å²) >= 11 is 0. The van der Waals surface area contributed by atoms with Gasteiger partial charge >= 0.3 is 0 Å². The van der Waals surface area contributed by atoms with Gasteiger partial charge < -0.3 is 14.8 Å². The van der Waals surface area contributed by atoms with E-state index < -0.39 is 4.92 Å². The second-order valence-corrected chi connectivity index (χ2v) is 6.89. The Morgan fingerprint density at radius 2 is 1.77 bits per heavy atom. The summed E-state index contributed by atoms with van der Waals surface area (Å²) in [6.45, 7) is 0.0468. The number of nitrogens with zero attached hydrogens (tertiary/aromatic N) is 1. The van der Waals surface area contributed by atoms with E-state index >= 15 is 0 Å². The van der Waals surface area contributed by atoms with Crippen LogP contribution in [-0.2, 0) is 17.6 Å². The molecule has 0 saturated heterocycles. The number of hydrogen-bond donors (Lipinski definition) is 1. The molecule has 0 saturated carbocycles. The molecule has 0 spiro atoms. The van der Waals surface area contributed by atoms with Crippen LogP contribution in [0.5, 0.6) is 11.5 Å². The van der Waals surface area contributed by atoms with Crippen molar-refractivity contribution in [2.75, 3.05) is 12.1 Å². The molecule has 1 N–H and O–H groups in total. The van der Waals surface area contributed by atoms with Crippen molar-refractivity contribution in [3.8, 4) is 11.5 Å². The molecular formula is C19H16N2O5. The minimum Gasteiger partial charge on any atom is -0.454 e. The molecule has 0 bridgehead atoms. The van der Waals surface area contributed by atoms with Gasteiger partial charge in [0.15, 0.2) is 11.5 Å². The van der Waals surface area contributed by atoms with Crippen LogP contribution in [0.3, 0.4) is 0 Å². The number of ether oxygens (including phenoxy) is 2. The van der Waals surface area contributed by atoms with Crippen molar-refractivity contribution < 1.29 is 19.2 Å². The van der Waals surface area contributed by atoms with Crippen molar-refractivity contribution >= 4 is 17.3 Å². The highest BCUT2D eigenvalue weighted by Gasteiger charge is 2.34. The fourth-order valence-electron chi connectivity index (χ4n) is 4.20. The van der Waals surface area contributed by atoms with Crippen molar-refractivity contribution in [1.29, 1.82) is 0 Å². The van der Waals surface area contributed by atoms with Crippen molar-refractivity contribution in [3.05, 3.63) is 56.6 Å². The van der Waals surface area contributed by atoms with Crippen molar-refractivity contribution in [1.82, 2.24) is 0 Å². The number of anilines is 1. The maximum Gasteiger partial charge on any atom is 0.277 e. The van der Waals surface area contributed by atoms with E-state index in [9.17, 15) is 14.9 Å². The molecule has 7 nitrogen and oxygen atoms in total. The lowest BCUT2D eigenvalue weighted by Crippen LogP contribution is -2.24. The normalized spacial score (nSPS) is 19.7. The molecule has 0 radical (unpaired) electrons. The highest BCUT2D eigenvalue weighted by Crippen LogP contribution is 2.47. The molecule has 132 valence electrons. The van der Waals surface area contributed by atoms with Gasteiger partial charge in [-0.3, -0.25) is 14.9 Å². The van der Waals surface area contributed by atoms with Crippen LogP contribution in [0.4, 0.5) is 11.4 Å². The number of fused-ring (bicyclic) bond motifs is 3. The van der Waals surface area contributed by atoms with E-state index in [1.54, 1.807) is 6.07 Å². The maximum absolute atomic E-state index is 12.3. The number of nitro groups is 1. The fraction of sp³-hybridized carbons (Fsp3) is 0.316. The van der Waals surface area contributed by atoms with Crippen molar-refractivity contribution in [3.63, 3.8) is 0 Å². The number of nitrogens with one attached hydrogen (secondary N) is 1. The Labute approximate surface area is 149 Å². The summed E-state index contributed by atoms with van der Waals surface area (Å²) in [6, 6.07) is 7.19. The van der Waals surface area contributed by atoms with Gasteiger partial charge in [-0.25, -0.2) is 0 Å². The van der Waals surface area contributed by atoms with Crippen LogP contribution in [0.25, 0.3) is 0 Å². The molecule has 7 heteroatoms. The molecule has 2 aromatic carbocycles. The number of nitro benzene ring substituents is 1. The summed E-state index contributed by atoms with van der Waals surface area (Å²) in [5, 5.41) is 14.6. The highest BCUT2D eigenvalue weighted by molar-refractivity contribution is 5.96. The summed E-state index contributed by atoms with van der Waals surface area (Å²) in [5.41, 5.74) is 4.68. The second-order valence-electron chi connectivity index (χ2n) is 6.89. The van der Waals surface area contributed by atoms with E-state index in [4.69, 9.17) is 9.47 Å². The molecule has 0 aromatic heterocycles. The zero-order chi connectivity index (χ0) is 17.8. The standard InChI is InChI=1S/C19H16N2O5/c22-19-7-12(13-4-10-2-1-3-11(10)5-15(13)20-19)14-6-17-18(26-9-25-17)8-16(14)21(23)24/h4-6,8,12H,1-3,7,9H2,(H,20,22)/t12-/m0/s1. The van der Waals surface area contributed by atoms with Crippen LogP contribution in [0, 0.1) is 10.1 Å². The minimum absolute atomic E-state index is 0.0413. The Kier molecular flexibility index (Phi) is 3.19. The molecule has 26 heavy (non-hydrogen) atoms. The Bertz CT molecular complexity index is 969. The Morgan fingerprint density at radius 1 is 1.04 bits per heavy atom. The van der Waals surface area contributed by atoms with E-state index in [1.807, 2.05) is 6.07 Å². The summed E-state index contributed by atoms with van der Waals surface area (Å²) in [6.07, 6.45) is 3.28. The predicted octanol–water partition coefficient (Wildman–Crippen LogP) is 3.29. The van der Waals surface area contributed by atoms with Crippen molar-refractivity contribution in [2.24, 2.45) is 0 Å². The van der Waals surface area contributed by atoms with Crippen LogP contribution in [0.2, 0.25) is 0 Å². The van der Waals surface area contributed by atoms with Gasteiger partial charge in [0.05, 0.1) is 11.0 Å². The molecular weight excluding hydrogens is 336 g/mol. The molecule has 1 aliphatic carbocycles. The molecule has 2 heterocycles. The first-order chi connectivity index (χ1) is 12.6. The predicted molar refractivity (Wildman–Crippen MR) is 92.8 cm³/mol. The number of rotatable bonds is 2. The van der Waals surface area contributed by atoms with Crippen LogP contribution in [0.1, 0.15) is 41.0 Å². The summed E-state index contributed by atoms with van der Waals surface area (Å²) < 4.78 is 10.7. The van der Waals surface area contributed by atoms with Crippen molar-refractivity contribution in [2.45, 2.75) is 31.6 Å². The quantitative estimate of drug-likeness (QED) is 0.661. The van der Waals surface area contributed by atoms with E-state index in [1.165, 1.54) is 17.2 Å². The number of hydrogen-bond acceptors (Lipinski definition) is 5. The van der Waals surface area contributed by atoms with Crippen LogP contribution >= 0.6 is 0 Å². The minimum atomic E-state index is -0.420. The highest BCUT2D eigenvalue weighted by atomic mass is 16.7. The molecule has 0 fully saturated rings. The van der Waals surface area contributed by atoms with Crippen LogP contribution < -0.4 is 14.8 Å². The van der Waals surface area contributed by atoms with E-state index in [0.717, 1.165) is 30.5 Å². The van der Waals surface area contributed by atoms with Gasteiger partial charge in [0.25, 0.3) is 5.69 Å². The van der Waals surface area contributed by atoms with Gasteiger partial charge in [0, 0.05) is 23.6 Å². The third kappa shape index (κ3) is 2.23. The molecule has 1 amide bonds. The van der Waals surface area contributed by atoms with E-state index in [2.05, 4.69) is 11.4 Å². The average molecular weight is 352 g/mol. The Balaban J connectivity index is 1.70. The lowest BCUT2D eigenvalue weighted by Gasteiger charge is -2.27. The number of benzene rings is 2. The first kappa shape index (κ1) is 15.2. The second kappa shape index (κ2) is 5.45. The van der Waals surface area contributed by atoms with E-state index in [-0.39, 0.29) is 30.7 Å². The number of carbonyl (C=O) groups excluding carboxylic acids is 1. The number of carbonyl (C=O) groups is 1. The monoisotopic (exact) mass is 352 g/mol. The zero-order valence-corrected chi connectivity index (χ0v) is 13.9. The smallest absolute Gasteiger partial charge is 0.277 e. The van der Waals surface area contributed by atoms with Crippen LogP contribution in [0.15, 0.2) is 24.3 Å². The third-order valence-electron chi connectivity index (χ3n) is 5.40. The lowest BCUT2D eigenvalue weighted by atomic mass is 9.82.